The molecular weight excluding hydrogens is 374 g/mol. The lowest BCUT2D eigenvalue weighted by Crippen LogP contribution is -2.26. The second kappa shape index (κ2) is 7.44. The topological polar surface area (TPSA) is 66.7 Å². The van der Waals surface area contributed by atoms with Crippen LogP contribution in [0.1, 0.15) is 15.9 Å². The average molecular weight is 392 g/mol. The molecule has 7 heteroatoms. The van der Waals surface area contributed by atoms with Gasteiger partial charge in [-0.2, -0.15) is 0 Å². The molecule has 0 spiro atoms. The molecule has 0 saturated carbocycles. The van der Waals surface area contributed by atoms with Crippen LogP contribution in [-0.2, 0) is 6.54 Å². The summed E-state index contributed by atoms with van der Waals surface area (Å²) in [4.78, 5) is 26.6. The number of carbonyl (C=O) groups is 1. The van der Waals surface area contributed by atoms with E-state index in [1.165, 1.54) is 11.0 Å². The summed E-state index contributed by atoms with van der Waals surface area (Å²) in [5.41, 5.74) is 1.64. The Kier molecular flexibility index (Phi) is 5.56. The Balaban J connectivity index is 2.27. The standard InChI is InChI=1S/C17H18BrN3O3/c1-19(2)15-9-8-12(10-16(15)21(23)24)17(22)20(3)11-13-6-4-5-7-14(13)18/h4-10H,11H2,1-3H3. The van der Waals surface area contributed by atoms with E-state index in [0.29, 0.717) is 17.8 Å². The number of hydrogen-bond acceptors (Lipinski definition) is 4. The lowest BCUT2D eigenvalue weighted by Gasteiger charge is -2.19. The minimum atomic E-state index is -0.472. The first-order chi connectivity index (χ1) is 11.3. The summed E-state index contributed by atoms with van der Waals surface area (Å²) in [5.74, 6) is -0.265. The zero-order valence-electron chi connectivity index (χ0n) is 13.7. The normalized spacial score (nSPS) is 10.3. The molecule has 2 aromatic carbocycles. The highest BCUT2D eigenvalue weighted by Crippen LogP contribution is 2.28. The molecule has 126 valence electrons. The lowest BCUT2D eigenvalue weighted by molar-refractivity contribution is -0.384. The highest BCUT2D eigenvalue weighted by atomic mass is 79.9. The van der Waals surface area contributed by atoms with E-state index in [9.17, 15) is 14.9 Å². The van der Waals surface area contributed by atoms with Crippen molar-refractivity contribution in [3.8, 4) is 0 Å². The fourth-order valence-electron chi connectivity index (χ4n) is 2.36. The maximum absolute atomic E-state index is 12.6. The molecule has 0 aliphatic carbocycles. The second-order valence-corrected chi connectivity index (χ2v) is 6.46. The molecule has 0 radical (unpaired) electrons. The minimum Gasteiger partial charge on any atom is -0.372 e. The summed E-state index contributed by atoms with van der Waals surface area (Å²) in [6.07, 6.45) is 0. The highest BCUT2D eigenvalue weighted by molar-refractivity contribution is 9.10. The molecule has 2 rings (SSSR count). The molecule has 1 amide bonds. The van der Waals surface area contributed by atoms with Gasteiger partial charge in [-0.3, -0.25) is 14.9 Å². The maximum atomic E-state index is 12.6. The Labute approximate surface area is 149 Å². The zero-order chi connectivity index (χ0) is 17.9. The SMILES string of the molecule is CN(Cc1ccccc1Br)C(=O)c1ccc(N(C)C)c([N+](=O)[O-])c1. The van der Waals surface area contributed by atoms with E-state index >= 15 is 0 Å². The first-order valence-corrected chi connectivity index (χ1v) is 8.05. The fourth-order valence-corrected chi connectivity index (χ4v) is 2.77. The van der Waals surface area contributed by atoms with Crippen molar-refractivity contribution in [2.24, 2.45) is 0 Å². The van der Waals surface area contributed by atoms with Crippen molar-refractivity contribution in [3.05, 3.63) is 68.2 Å². The molecule has 0 aliphatic heterocycles. The van der Waals surface area contributed by atoms with Gasteiger partial charge in [-0.05, 0) is 23.8 Å². The van der Waals surface area contributed by atoms with Crippen LogP contribution in [0.3, 0.4) is 0 Å². The molecule has 0 atom stereocenters. The minimum absolute atomic E-state index is 0.0832. The van der Waals surface area contributed by atoms with Gasteiger partial charge in [0.05, 0.1) is 4.92 Å². The lowest BCUT2D eigenvalue weighted by atomic mass is 10.1. The molecule has 0 N–H and O–H groups in total. The van der Waals surface area contributed by atoms with Gasteiger partial charge in [0.15, 0.2) is 0 Å². The van der Waals surface area contributed by atoms with Crippen LogP contribution in [0.2, 0.25) is 0 Å². The van der Waals surface area contributed by atoms with E-state index < -0.39 is 4.92 Å². The third-order valence-electron chi connectivity index (χ3n) is 3.61. The number of anilines is 1. The van der Waals surface area contributed by atoms with E-state index in [2.05, 4.69) is 15.9 Å². The van der Waals surface area contributed by atoms with Gasteiger partial charge in [0.25, 0.3) is 11.6 Å². The Morgan fingerprint density at radius 2 is 1.83 bits per heavy atom. The van der Waals surface area contributed by atoms with Crippen LogP contribution in [0.5, 0.6) is 0 Å². The van der Waals surface area contributed by atoms with Gasteiger partial charge in [-0.1, -0.05) is 34.1 Å². The van der Waals surface area contributed by atoms with E-state index in [0.717, 1.165) is 10.0 Å². The molecule has 24 heavy (non-hydrogen) atoms. The Morgan fingerprint density at radius 3 is 2.42 bits per heavy atom. The molecule has 2 aromatic rings. The molecule has 0 fully saturated rings. The van der Waals surface area contributed by atoms with Crippen molar-refractivity contribution >= 4 is 33.2 Å². The van der Waals surface area contributed by atoms with Gasteiger partial charge in [-0.25, -0.2) is 0 Å². The quantitative estimate of drug-likeness (QED) is 0.575. The van der Waals surface area contributed by atoms with Crippen LogP contribution < -0.4 is 4.90 Å². The van der Waals surface area contributed by atoms with Crippen molar-refractivity contribution in [2.75, 3.05) is 26.0 Å². The van der Waals surface area contributed by atoms with Gasteiger partial charge in [0.1, 0.15) is 5.69 Å². The van der Waals surface area contributed by atoms with Gasteiger partial charge in [0, 0.05) is 43.8 Å². The first kappa shape index (κ1) is 17.9. The van der Waals surface area contributed by atoms with Gasteiger partial charge in [0.2, 0.25) is 0 Å². The fraction of sp³-hybridized carbons (Fsp3) is 0.235. The van der Waals surface area contributed by atoms with E-state index in [-0.39, 0.29) is 11.6 Å². The van der Waals surface area contributed by atoms with Crippen molar-refractivity contribution in [1.29, 1.82) is 0 Å². The summed E-state index contributed by atoms with van der Waals surface area (Å²) in [6, 6.07) is 12.2. The molecular formula is C17H18BrN3O3. The predicted molar refractivity (Wildman–Crippen MR) is 97.4 cm³/mol. The largest absolute Gasteiger partial charge is 0.372 e. The molecule has 0 aromatic heterocycles. The Morgan fingerprint density at radius 1 is 1.17 bits per heavy atom. The third-order valence-corrected chi connectivity index (χ3v) is 4.39. The van der Waals surface area contributed by atoms with E-state index in [1.54, 1.807) is 38.2 Å². The molecule has 0 bridgehead atoms. The molecule has 0 unspecified atom stereocenters. The zero-order valence-corrected chi connectivity index (χ0v) is 15.3. The first-order valence-electron chi connectivity index (χ1n) is 7.26. The van der Waals surface area contributed by atoms with Crippen molar-refractivity contribution < 1.29 is 9.72 Å². The maximum Gasteiger partial charge on any atom is 0.293 e. The van der Waals surface area contributed by atoms with Crippen molar-refractivity contribution in [1.82, 2.24) is 4.90 Å². The predicted octanol–water partition coefficient (Wildman–Crippen LogP) is 3.70. The number of nitro benzene ring substituents is 1. The van der Waals surface area contributed by atoms with Crippen LogP contribution >= 0.6 is 15.9 Å². The molecule has 6 nitrogen and oxygen atoms in total. The molecule has 0 aliphatic rings. The second-order valence-electron chi connectivity index (χ2n) is 5.61. The number of amides is 1. The summed E-state index contributed by atoms with van der Waals surface area (Å²) in [6.45, 7) is 0.406. The Hall–Kier alpha value is -2.41. The van der Waals surface area contributed by atoms with Crippen LogP contribution in [0.25, 0.3) is 0 Å². The number of carbonyl (C=O) groups excluding carboxylic acids is 1. The molecule has 0 heterocycles. The average Bonchev–Trinajstić information content (AvgIpc) is 2.55. The summed E-state index contributed by atoms with van der Waals surface area (Å²) in [5, 5.41) is 11.3. The van der Waals surface area contributed by atoms with E-state index in [4.69, 9.17) is 0 Å². The van der Waals surface area contributed by atoms with Gasteiger partial charge < -0.3 is 9.80 Å². The van der Waals surface area contributed by atoms with Crippen LogP contribution in [0.4, 0.5) is 11.4 Å². The number of benzene rings is 2. The van der Waals surface area contributed by atoms with Gasteiger partial charge >= 0.3 is 0 Å². The third kappa shape index (κ3) is 3.91. The number of halogens is 1. The van der Waals surface area contributed by atoms with E-state index in [1.807, 2.05) is 24.3 Å². The Bertz CT molecular complexity index is 777. The number of rotatable bonds is 5. The number of hydrogen-bond donors (Lipinski definition) is 0. The highest BCUT2D eigenvalue weighted by Gasteiger charge is 2.21. The monoisotopic (exact) mass is 391 g/mol. The number of nitrogens with zero attached hydrogens (tertiary/aromatic N) is 3. The molecule has 0 saturated heterocycles. The van der Waals surface area contributed by atoms with Crippen LogP contribution in [0.15, 0.2) is 46.9 Å². The smallest absolute Gasteiger partial charge is 0.293 e. The van der Waals surface area contributed by atoms with Gasteiger partial charge in [-0.15, -0.1) is 0 Å². The van der Waals surface area contributed by atoms with Crippen LogP contribution in [-0.4, -0.2) is 36.9 Å². The van der Waals surface area contributed by atoms with Crippen LogP contribution in [0, 0.1) is 10.1 Å². The van der Waals surface area contributed by atoms with Crippen molar-refractivity contribution in [2.45, 2.75) is 6.54 Å². The summed E-state index contributed by atoms with van der Waals surface area (Å²) >= 11 is 3.45. The summed E-state index contributed by atoms with van der Waals surface area (Å²) < 4.78 is 0.915. The van der Waals surface area contributed by atoms with Crippen molar-refractivity contribution in [3.63, 3.8) is 0 Å². The number of nitro groups is 1. The summed E-state index contributed by atoms with van der Waals surface area (Å²) in [7, 11) is 5.12.